The van der Waals surface area contributed by atoms with Crippen LogP contribution in [0.3, 0.4) is 0 Å². The van der Waals surface area contributed by atoms with Crippen molar-refractivity contribution in [1.29, 1.82) is 0 Å². The highest BCUT2D eigenvalue weighted by atomic mass is 32.2. The quantitative estimate of drug-likeness (QED) is 0.835. The van der Waals surface area contributed by atoms with E-state index in [1.54, 1.807) is 18.2 Å². The Hall–Kier alpha value is -1.86. The second-order valence-corrected chi connectivity index (χ2v) is 7.24. The highest BCUT2D eigenvalue weighted by Crippen LogP contribution is 2.31. The third-order valence-electron chi connectivity index (χ3n) is 4.46. The Morgan fingerprint density at radius 3 is 3.12 bits per heavy atom. The fourth-order valence-corrected chi connectivity index (χ4v) is 4.55. The van der Waals surface area contributed by atoms with Gasteiger partial charge < -0.3 is 14.2 Å². The topological polar surface area (TPSA) is 55.6 Å². The second-order valence-electron chi connectivity index (χ2n) is 5.89. The highest BCUT2D eigenvalue weighted by molar-refractivity contribution is 8.00. The molecule has 1 aromatic heterocycles. The summed E-state index contributed by atoms with van der Waals surface area (Å²) in [5.74, 6) is 0.602. The molecule has 126 valence electrons. The molecule has 7 heteroatoms. The van der Waals surface area contributed by atoms with E-state index in [1.807, 2.05) is 16.7 Å². The summed E-state index contributed by atoms with van der Waals surface area (Å²) in [6, 6.07) is 7.98. The average molecular weight is 348 g/mol. The highest BCUT2D eigenvalue weighted by Gasteiger charge is 2.38. The van der Waals surface area contributed by atoms with Crippen LogP contribution in [0.2, 0.25) is 0 Å². The smallest absolute Gasteiger partial charge is 0.276 e. The molecule has 0 radical (unpaired) electrons. The van der Waals surface area contributed by atoms with Crippen molar-refractivity contribution in [2.75, 3.05) is 25.5 Å². The third-order valence-corrected chi connectivity index (χ3v) is 5.76. The maximum atomic E-state index is 13.9. The molecular weight excluding hydrogens is 331 g/mol. The van der Waals surface area contributed by atoms with Crippen LogP contribution in [0.5, 0.6) is 0 Å². The van der Waals surface area contributed by atoms with Crippen LogP contribution in [-0.2, 0) is 4.74 Å². The zero-order valence-electron chi connectivity index (χ0n) is 13.0. The summed E-state index contributed by atoms with van der Waals surface area (Å²) in [4.78, 5) is 14.7. The summed E-state index contributed by atoms with van der Waals surface area (Å²) in [7, 11) is 0. The molecule has 2 fully saturated rings. The van der Waals surface area contributed by atoms with Crippen LogP contribution in [0.1, 0.15) is 16.9 Å². The molecule has 0 saturated carbocycles. The number of benzene rings is 1. The molecule has 5 nitrogen and oxygen atoms in total. The molecule has 0 unspecified atom stereocenters. The van der Waals surface area contributed by atoms with Crippen molar-refractivity contribution in [2.45, 2.75) is 17.7 Å². The van der Waals surface area contributed by atoms with Gasteiger partial charge in [0.2, 0.25) is 0 Å². The van der Waals surface area contributed by atoms with Gasteiger partial charge in [0.05, 0.1) is 12.2 Å². The Morgan fingerprint density at radius 2 is 2.25 bits per heavy atom. The Labute approximate surface area is 143 Å². The molecule has 3 heterocycles. The second kappa shape index (κ2) is 6.57. The molecular formula is C17H17FN2O3S. The summed E-state index contributed by atoms with van der Waals surface area (Å²) in [6.45, 7) is 2.04. The fraction of sp³-hybridized carbons (Fsp3) is 0.412. The van der Waals surface area contributed by atoms with E-state index >= 15 is 0 Å². The zero-order chi connectivity index (χ0) is 16.5. The van der Waals surface area contributed by atoms with Gasteiger partial charge in [0, 0.05) is 36.3 Å². The molecule has 0 N–H and O–H groups in total. The standard InChI is InChI=1S/C17H17FN2O3S/c18-12-4-2-1-3-11(12)15-9-13(19-23-15)17(21)20-6-8-24-16-10-22-7-5-14(16)20/h1-4,9,14,16H,5-8,10H2/t14-,16+/m0/s1. The van der Waals surface area contributed by atoms with Crippen molar-refractivity contribution in [1.82, 2.24) is 10.1 Å². The first-order valence-corrected chi connectivity index (χ1v) is 9.01. The van der Waals surface area contributed by atoms with E-state index in [2.05, 4.69) is 5.16 Å². The van der Waals surface area contributed by atoms with Gasteiger partial charge >= 0.3 is 0 Å². The number of fused-ring (bicyclic) bond motifs is 1. The van der Waals surface area contributed by atoms with Crippen molar-refractivity contribution in [2.24, 2.45) is 0 Å². The molecule has 0 bridgehead atoms. The Kier molecular flexibility index (Phi) is 4.28. The third kappa shape index (κ3) is 2.82. The van der Waals surface area contributed by atoms with Gasteiger partial charge in [0.15, 0.2) is 11.5 Å². The lowest BCUT2D eigenvalue weighted by Crippen LogP contribution is -2.54. The number of amides is 1. The number of halogens is 1. The lowest BCUT2D eigenvalue weighted by Gasteiger charge is -2.43. The summed E-state index contributed by atoms with van der Waals surface area (Å²) >= 11 is 1.86. The first kappa shape index (κ1) is 15.7. The molecule has 2 aromatic rings. The molecule has 4 rings (SSSR count). The molecule has 0 aliphatic carbocycles. The van der Waals surface area contributed by atoms with Gasteiger partial charge in [-0.15, -0.1) is 0 Å². The fourth-order valence-electron chi connectivity index (χ4n) is 3.25. The number of nitrogens with zero attached hydrogens (tertiary/aromatic N) is 2. The van der Waals surface area contributed by atoms with E-state index in [-0.39, 0.29) is 23.4 Å². The van der Waals surface area contributed by atoms with E-state index < -0.39 is 5.82 Å². The van der Waals surface area contributed by atoms with Gasteiger partial charge in [-0.05, 0) is 18.6 Å². The average Bonchev–Trinajstić information content (AvgIpc) is 3.11. The molecule has 2 aliphatic rings. The number of carbonyl (C=O) groups excluding carboxylic acids is 1. The zero-order valence-corrected chi connectivity index (χ0v) is 13.8. The maximum absolute atomic E-state index is 13.9. The molecule has 2 saturated heterocycles. The van der Waals surface area contributed by atoms with Crippen LogP contribution >= 0.6 is 11.8 Å². The van der Waals surface area contributed by atoms with Crippen molar-refractivity contribution in [3.63, 3.8) is 0 Å². The predicted octanol–water partition coefficient (Wildman–Crippen LogP) is 2.83. The van der Waals surface area contributed by atoms with Gasteiger partial charge in [0.1, 0.15) is 5.82 Å². The summed E-state index contributed by atoms with van der Waals surface area (Å²) in [5.41, 5.74) is 0.535. The van der Waals surface area contributed by atoms with Crippen molar-refractivity contribution < 1.29 is 18.4 Å². The van der Waals surface area contributed by atoms with Crippen molar-refractivity contribution >= 4 is 17.7 Å². The van der Waals surface area contributed by atoms with Gasteiger partial charge in [-0.3, -0.25) is 4.79 Å². The van der Waals surface area contributed by atoms with Crippen LogP contribution < -0.4 is 0 Å². The molecule has 0 spiro atoms. The predicted molar refractivity (Wildman–Crippen MR) is 88.4 cm³/mol. The SMILES string of the molecule is O=C(c1cc(-c2ccccc2F)on1)N1CCS[C@@H]2COCC[C@@H]21. The van der Waals surface area contributed by atoms with Crippen LogP contribution in [0.25, 0.3) is 11.3 Å². The van der Waals surface area contributed by atoms with E-state index in [4.69, 9.17) is 9.26 Å². The maximum Gasteiger partial charge on any atom is 0.276 e. The Bertz CT molecular complexity index is 749. The Balaban J connectivity index is 1.58. The molecule has 24 heavy (non-hydrogen) atoms. The van der Waals surface area contributed by atoms with Crippen molar-refractivity contribution in [3.8, 4) is 11.3 Å². The first-order valence-electron chi connectivity index (χ1n) is 7.96. The van der Waals surface area contributed by atoms with Gasteiger partial charge in [0.25, 0.3) is 5.91 Å². The minimum Gasteiger partial charge on any atom is -0.380 e. The van der Waals surface area contributed by atoms with Crippen molar-refractivity contribution in [3.05, 3.63) is 41.8 Å². The number of thioether (sulfide) groups is 1. The minimum absolute atomic E-state index is 0.154. The summed E-state index contributed by atoms with van der Waals surface area (Å²) < 4.78 is 24.6. The van der Waals surface area contributed by atoms with Gasteiger partial charge in [-0.1, -0.05) is 17.3 Å². The van der Waals surface area contributed by atoms with Gasteiger partial charge in [-0.25, -0.2) is 4.39 Å². The molecule has 2 aliphatic heterocycles. The molecule has 1 aromatic carbocycles. The van der Waals surface area contributed by atoms with Gasteiger partial charge in [-0.2, -0.15) is 11.8 Å². The monoisotopic (exact) mass is 348 g/mol. The van der Waals surface area contributed by atoms with Crippen LogP contribution in [0.15, 0.2) is 34.9 Å². The summed E-state index contributed by atoms with van der Waals surface area (Å²) in [6.07, 6.45) is 0.835. The van der Waals surface area contributed by atoms with Crippen LogP contribution in [-0.4, -0.2) is 52.8 Å². The lowest BCUT2D eigenvalue weighted by atomic mass is 10.1. The lowest BCUT2D eigenvalue weighted by molar-refractivity contribution is 0.0313. The Morgan fingerprint density at radius 1 is 1.38 bits per heavy atom. The van der Waals surface area contributed by atoms with E-state index in [0.29, 0.717) is 30.6 Å². The normalized spacial score (nSPS) is 23.8. The largest absolute Gasteiger partial charge is 0.380 e. The number of carbonyl (C=O) groups is 1. The first-order chi connectivity index (χ1) is 11.7. The number of hydrogen-bond acceptors (Lipinski definition) is 5. The number of rotatable bonds is 2. The van der Waals surface area contributed by atoms with E-state index in [0.717, 1.165) is 12.2 Å². The van der Waals surface area contributed by atoms with E-state index in [9.17, 15) is 9.18 Å². The minimum atomic E-state index is -0.397. The number of ether oxygens (including phenoxy) is 1. The molecule has 2 atom stereocenters. The van der Waals surface area contributed by atoms with Crippen LogP contribution in [0.4, 0.5) is 4.39 Å². The number of aromatic nitrogens is 1. The number of hydrogen-bond donors (Lipinski definition) is 0. The summed E-state index contributed by atoms with van der Waals surface area (Å²) in [5, 5.41) is 4.19. The molecule has 1 amide bonds. The van der Waals surface area contributed by atoms with E-state index in [1.165, 1.54) is 12.1 Å². The van der Waals surface area contributed by atoms with Crippen LogP contribution in [0, 0.1) is 5.82 Å².